The van der Waals surface area contributed by atoms with Crippen LogP contribution in [-0.2, 0) is 17.9 Å². The van der Waals surface area contributed by atoms with Gasteiger partial charge in [-0.25, -0.2) is 4.39 Å². The molecule has 0 spiro atoms. The van der Waals surface area contributed by atoms with E-state index in [9.17, 15) is 9.18 Å². The molecule has 176 valence electrons. The molecule has 6 nitrogen and oxygen atoms in total. The van der Waals surface area contributed by atoms with E-state index in [0.717, 1.165) is 22.0 Å². The lowest BCUT2D eigenvalue weighted by Crippen LogP contribution is -2.19. The fraction of sp³-hybridized carbons (Fsp3) is 0.259. The molecule has 0 bridgehead atoms. The number of hydrogen-bond donors (Lipinski definition) is 1. The van der Waals surface area contributed by atoms with Gasteiger partial charge in [-0.05, 0) is 61.4 Å². The second-order valence-electron chi connectivity index (χ2n) is 8.26. The summed E-state index contributed by atoms with van der Waals surface area (Å²) in [7, 11) is 1.62. The number of carbonyl (C=O) groups excluding carboxylic acids is 1. The summed E-state index contributed by atoms with van der Waals surface area (Å²) >= 11 is 0. The summed E-state index contributed by atoms with van der Waals surface area (Å²) in [5.74, 6) is 0.990. The Bertz CT molecular complexity index is 1300. The number of aryl methyl sites for hydroxylation is 1. The van der Waals surface area contributed by atoms with Crippen molar-refractivity contribution in [1.29, 1.82) is 0 Å². The third-order valence-electron chi connectivity index (χ3n) is 5.45. The van der Waals surface area contributed by atoms with Gasteiger partial charge in [0.25, 0.3) is 0 Å². The summed E-state index contributed by atoms with van der Waals surface area (Å²) in [5.41, 5.74) is 3.41. The van der Waals surface area contributed by atoms with Gasteiger partial charge in [-0.15, -0.1) is 0 Å². The average Bonchev–Trinajstić information content (AvgIpc) is 3.24. The Labute approximate surface area is 198 Å². The Morgan fingerprint density at radius 3 is 2.71 bits per heavy atom. The van der Waals surface area contributed by atoms with Gasteiger partial charge in [0.1, 0.15) is 23.9 Å². The first kappa shape index (κ1) is 23.3. The van der Waals surface area contributed by atoms with Crippen molar-refractivity contribution in [2.45, 2.75) is 39.5 Å². The van der Waals surface area contributed by atoms with Crippen LogP contribution < -0.4 is 14.8 Å². The molecule has 0 atom stereocenters. The number of hydrogen-bond acceptors (Lipinski definition) is 4. The quantitative estimate of drug-likeness (QED) is 0.365. The molecule has 1 heterocycles. The third kappa shape index (κ3) is 5.36. The van der Waals surface area contributed by atoms with Crippen LogP contribution in [0.3, 0.4) is 0 Å². The largest absolute Gasteiger partial charge is 0.490 e. The molecule has 34 heavy (non-hydrogen) atoms. The zero-order chi connectivity index (χ0) is 24.1. The van der Waals surface area contributed by atoms with Gasteiger partial charge < -0.3 is 14.8 Å². The lowest BCUT2D eigenvalue weighted by molar-refractivity contribution is -0.120. The third-order valence-corrected chi connectivity index (χ3v) is 5.45. The van der Waals surface area contributed by atoms with Gasteiger partial charge in [0.2, 0.25) is 5.91 Å². The van der Waals surface area contributed by atoms with Crippen LogP contribution in [0, 0.1) is 5.82 Å². The highest BCUT2D eigenvalue weighted by Gasteiger charge is 2.14. The highest BCUT2D eigenvalue weighted by molar-refractivity contribution is 5.81. The van der Waals surface area contributed by atoms with E-state index < -0.39 is 0 Å². The number of halogens is 1. The predicted molar refractivity (Wildman–Crippen MR) is 130 cm³/mol. The molecular weight excluding hydrogens is 433 g/mol. The van der Waals surface area contributed by atoms with E-state index in [-0.39, 0.29) is 17.8 Å². The van der Waals surface area contributed by atoms with E-state index in [0.29, 0.717) is 36.6 Å². The Morgan fingerprint density at radius 1 is 1.09 bits per heavy atom. The maximum atomic E-state index is 14.1. The first-order valence-electron chi connectivity index (χ1n) is 11.3. The molecular formula is C27H28FN3O3. The molecule has 1 aromatic heterocycles. The summed E-state index contributed by atoms with van der Waals surface area (Å²) in [6.45, 7) is 4.70. The second-order valence-corrected chi connectivity index (χ2v) is 8.26. The number of benzene rings is 3. The topological polar surface area (TPSA) is 65.4 Å². The molecule has 0 saturated carbocycles. The number of nitrogens with zero attached hydrogens (tertiary/aromatic N) is 2. The lowest BCUT2D eigenvalue weighted by atomic mass is 9.99. The van der Waals surface area contributed by atoms with Crippen LogP contribution >= 0.6 is 0 Å². The van der Waals surface area contributed by atoms with Gasteiger partial charge in [0, 0.05) is 24.4 Å². The van der Waals surface area contributed by atoms with Crippen LogP contribution in [0.15, 0.2) is 66.9 Å². The minimum Gasteiger partial charge on any atom is -0.490 e. The van der Waals surface area contributed by atoms with E-state index in [1.807, 2.05) is 61.0 Å². The summed E-state index contributed by atoms with van der Waals surface area (Å²) in [5, 5.41) is 7.94. The molecule has 4 aromatic rings. The van der Waals surface area contributed by atoms with Gasteiger partial charge >= 0.3 is 0 Å². The zero-order valence-corrected chi connectivity index (χ0v) is 19.5. The first-order chi connectivity index (χ1) is 16.4. The highest BCUT2D eigenvalue weighted by Crippen LogP contribution is 2.34. The fourth-order valence-electron chi connectivity index (χ4n) is 3.80. The lowest BCUT2D eigenvalue weighted by Gasteiger charge is -2.17. The second kappa shape index (κ2) is 10.4. The molecule has 1 N–H and O–H groups in total. The molecule has 0 saturated heterocycles. The Kier molecular flexibility index (Phi) is 7.11. The highest BCUT2D eigenvalue weighted by atomic mass is 19.1. The molecule has 3 aromatic carbocycles. The standard InChI is InChI=1S/C27H28FN3O3/c1-18(2)34-26-11-8-21(28)15-24(26)23-7-5-4-6-19(23)17-33-22-9-10-25-20(14-22)16-30-31(25)13-12-27(32)29-3/h4-11,14-16,18H,12-13,17H2,1-3H3,(H,29,32). The Hall–Kier alpha value is -3.87. The van der Waals surface area contributed by atoms with Crippen LogP contribution in [0.1, 0.15) is 25.8 Å². The SMILES string of the molecule is CNC(=O)CCn1ncc2cc(OCc3ccccc3-c3cc(F)ccc3OC(C)C)ccc21. The fourth-order valence-corrected chi connectivity index (χ4v) is 3.80. The Morgan fingerprint density at radius 2 is 1.91 bits per heavy atom. The first-order valence-corrected chi connectivity index (χ1v) is 11.3. The number of rotatable bonds is 9. The molecule has 0 unspecified atom stereocenters. The van der Waals surface area contributed by atoms with E-state index in [4.69, 9.17) is 9.47 Å². The van der Waals surface area contributed by atoms with Gasteiger partial charge in [-0.3, -0.25) is 9.48 Å². The summed E-state index contributed by atoms with van der Waals surface area (Å²) in [6, 6.07) is 18.1. The van der Waals surface area contributed by atoms with E-state index in [1.54, 1.807) is 19.3 Å². The minimum absolute atomic E-state index is 0.0254. The van der Waals surface area contributed by atoms with Crippen molar-refractivity contribution in [2.75, 3.05) is 7.05 Å². The number of carbonyl (C=O) groups is 1. The van der Waals surface area contributed by atoms with Crippen LogP contribution in [0.4, 0.5) is 4.39 Å². The summed E-state index contributed by atoms with van der Waals surface area (Å²) < 4.78 is 27.9. The van der Waals surface area contributed by atoms with E-state index in [1.165, 1.54) is 12.1 Å². The molecule has 0 fully saturated rings. The van der Waals surface area contributed by atoms with Gasteiger partial charge in [-0.1, -0.05) is 24.3 Å². The summed E-state index contributed by atoms with van der Waals surface area (Å²) in [6.07, 6.45) is 2.10. The molecule has 0 radical (unpaired) electrons. The minimum atomic E-state index is -0.319. The Balaban J connectivity index is 1.54. The van der Waals surface area contributed by atoms with Crippen LogP contribution in [0.25, 0.3) is 22.0 Å². The van der Waals surface area contributed by atoms with Crippen LogP contribution in [-0.4, -0.2) is 28.8 Å². The van der Waals surface area contributed by atoms with E-state index in [2.05, 4.69) is 10.4 Å². The monoisotopic (exact) mass is 461 g/mol. The molecule has 0 aliphatic carbocycles. The smallest absolute Gasteiger partial charge is 0.221 e. The van der Waals surface area contributed by atoms with E-state index >= 15 is 0 Å². The van der Waals surface area contributed by atoms with Gasteiger partial charge in [0.05, 0.1) is 24.4 Å². The van der Waals surface area contributed by atoms with Crippen LogP contribution in [0.2, 0.25) is 0 Å². The number of fused-ring (bicyclic) bond motifs is 1. The van der Waals surface area contributed by atoms with Crippen molar-refractivity contribution in [1.82, 2.24) is 15.1 Å². The molecule has 7 heteroatoms. The molecule has 4 rings (SSSR count). The normalized spacial score (nSPS) is 11.1. The zero-order valence-electron chi connectivity index (χ0n) is 19.5. The maximum absolute atomic E-state index is 14.1. The van der Waals surface area contributed by atoms with Crippen molar-refractivity contribution in [3.63, 3.8) is 0 Å². The maximum Gasteiger partial charge on any atom is 0.221 e. The number of nitrogens with one attached hydrogen (secondary N) is 1. The van der Waals surface area contributed by atoms with Crippen molar-refractivity contribution in [2.24, 2.45) is 0 Å². The number of amides is 1. The summed E-state index contributed by atoms with van der Waals surface area (Å²) in [4.78, 5) is 11.5. The van der Waals surface area contributed by atoms with Crippen molar-refractivity contribution < 1.29 is 18.7 Å². The van der Waals surface area contributed by atoms with Crippen molar-refractivity contribution in [3.05, 3.63) is 78.2 Å². The average molecular weight is 462 g/mol. The molecule has 1 amide bonds. The molecule has 0 aliphatic heterocycles. The van der Waals surface area contributed by atoms with Gasteiger partial charge in [0.15, 0.2) is 0 Å². The predicted octanol–water partition coefficient (Wildman–Crippen LogP) is 5.34. The number of ether oxygens (including phenoxy) is 2. The van der Waals surface area contributed by atoms with Crippen LogP contribution in [0.5, 0.6) is 11.5 Å². The number of aromatic nitrogens is 2. The van der Waals surface area contributed by atoms with Crippen molar-refractivity contribution in [3.8, 4) is 22.6 Å². The molecule has 0 aliphatic rings. The van der Waals surface area contributed by atoms with Crippen molar-refractivity contribution >= 4 is 16.8 Å². The van der Waals surface area contributed by atoms with Gasteiger partial charge in [-0.2, -0.15) is 5.10 Å².